The van der Waals surface area contributed by atoms with Gasteiger partial charge in [0.25, 0.3) is 0 Å². The lowest BCUT2D eigenvalue weighted by molar-refractivity contribution is 0.244. The summed E-state index contributed by atoms with van der Waals surface area (Å²) in [6.45, 7) is 8.04. The van der Waals surface area contributed by atoms with Gasteiger partial charge in [-0.3, -0.25) is 9.88 Å². The Balaban J connectivity index is 1.84. The van der Waals surface area contributed by atoms with Gasteiger partial charge in [-0.2, -0.15) is 5.10 Å². The van der Waals surface area contributed by atoms with Crippen LogP contribution in [0, 0.1) is 6.92 Å². The first-order valence-electron chi connectivity index (χ1n) is 8.18. The Morgan fingerprint density at radius 1 is 1.08 bits per heavy atom. The van der Waals surface area contributed by atoms with Crippen LogP contribution in [-0.4, -0.2) is 19.7 Å². The van der Waals surface area contributed by atoms with Crippen molar-refractivity contribution in [3.05, 3.63) is 89.0 Å². The summed E-state index contributed by atoms with van der Waals surface area (Å²) >= 11 is 6.36. The molecule has 0 saturated carbocycles. The highest BCUT2D eigenvalue weighted by atomic mass is 35.5. The molecule has 0 bridgehead atoms. The van der Waals surface area contributed by atoms with Crippen LogP contribution < -0.4 is 0 Å². The highest BCUT2D eigenvalue weighted by Gasteiger charge is 2.14. The fraction of sp³-hybridized carbons (Fsp3) is 0.200. The van der Waals surface area contributed by atoms with Gasteiger partial charge in [0.1, 0.15) is 0 Å². The monoisotopic (exact) mass is 352 g/mol. The Hall–Kier alpha value is -2.43. The third-order valence-corrected chi connectivity index (χ3v) is 4.43. The molecule has 0 radical (unpaired) electrons. The largest absolute Gasteiger partial charge is 0.289 e. The molecule has 25 heavy (non-hydrogen) atoms. The topological polar surface area (TPSA) is 34.0 Å². The standard InChI is InChI=1S/C20H21ClN4/c1-3-25-14-18(16(2)23-25)13-24(15-19-9-6-7-11-22-19)12-17-8-4-5-10-20(17)21/h3-11,14H,1,12-13,15H2,2H3. The van der Waals surface area contributed by atoms with Crippen molar-refractivity contribution in [2.24, 2.45) is 0 Å². The molecule has 0 unspecified atom stereocenters. The molecule has 0 amide bonds. The second-order valence-corrected chi connectivity index (χ2v) is 6.37. The van der Waals surface area contributed by atoms with Crippen LogP contribution in [0.2, 0.25) is 5.02 Å². The number of halogens is 1. The number of hydrogen-bond donors (Lipinski definition) is 0. The van der Waals surface area contributed by atoms with Crippen LogP contribution in [0.15, 0.2) is 61.4 Å². The Morgan fingerprint density at radius 3 is 2.52 bits per heavy atom. The van der Waals surface area contributed by atoms with Crippen LogP contribution in [0.3, 0.4) is 0 Å². The first-order chi connectivity index (χ1) is 12.2. The van der Waals surface area contributed by atoms with Crippen LogP contribution in [0.5, 0.6) is 0 Å². The molecule has 0 aliphatic carbocycles. The van der Waals surface area contributed by atoms with Crippen molar-refractivity contribution in [1.82, 2.24) is 19.7 Å². The third kappa shape index (κ3) is 4.56. The Kier molecular flexibility index (Phi) is 5.64. The molecule has 0 spiro atoms. The van der Waals surface area contributed by atoms with Crippen LogP contribution in [-0.2, 0) is 19.6 Å². The lowest BCUT2D eigenvalue weighted by Gasteiger charge is -2.22. The maximum atomic E-state index is 6.36. The minimum Gasteiger partial charge on any atom is -0.289 e. The normalized spacial score (nSPS) is 11.0. The van der Waals surface area contributed by atoms with Crippen molar-refractivity contribution >= 4 is 17.8 Å². The number of pyridine rings is 1. The first kappa shape index (κ1) is 17.4. The molecule has 0 aliphatic rings. The van der Waals surface area contributed by atoms with E-state index in [0.717, 1.165) is 41.6 Å². The molecule has 4 nitrogen and oxygen atoms in total. The van der Waals surface area contributed by atoms with Crippen molar-refractivity contribution in [2.75, 3.05) is 0 Å². The van der Waals surface area contributed by atoms with Crippen LogP contribution in [0.1, 0.15) is 22.5 Å². The number of rotatable bonds is 7. The third-order valence-electron chi connectivity index (χ3n) is 4.06. The maximum absolute atomic E-state index is 6.36. The van der Waals surface area contributed by atoms with E-state index >= 15 is 0 Å². The molecule has 0 saturated heterocycles. The smallest absolute Gasteiger partial charge is 0.0642 e. The zero-order valence-corrected chi connectivity index (χ0v) is 15.0. The molecule has 0 aliphatic heterocycles. The van der Waals surface area contributed by atoms with Crippen molar-refractivity contribution in [2.45, 2.75) is 26.6 Å². The van der Waals surface area contributed by atoms with Crippen molar-refractivity contribution in [3.63, 3.8) is 0 Å². The second-order valence-electron chi connectivity index (χ2n) is 5.96. The molecule has 5 heteroatoms. The van der Waals surface area contributed by atoms with E-state index in [9.17, 15) is 0 Å². The minimum absolute atomic E-state index is 0.741. The molecule has 0 atom stereocenters. The summed E-state index contributed by atoms with van der Waals surface area (Å²) in [7, 11) is 0. The lowest BCUT2D eigenvalue weighted by Crippen LogP contribution is -2.23. The lowest BCUT2D eigenvalue weighted by atomic mass is 10.1. The molecular formula is C20H21ClN4. The van der Waals surface area contributed by atoms with E-state index in [-0.39, 0.29) is 0 Å². The van der Waals surface area contributed by atoms with Gasteiger partial charge >= 0.3 is 0 Å². The van der Waals surface area contributed by atoms with E-state index in [1.165, 1.54) is 5.56 Å². The number of nitrogens with zero attached hydrogens (tertiary/aromatic N) is 4. The van der Waals surface area contributed by atoms with Gasteiger partial charge < -0.3 is 0 Å². The molecule has 2 heterocycles. The van der Waals surface area contributed by atoms with Gasteiger partial charge in [-0.15, -0.1) is 0 Å². The summed E-state index contributed by atoms with van der Waals surface area (Å²) in [5.41, 5.74) is 4.31. The highest BCUT2D eigenvalue weighted by Crippen LogP contribution is 2.20. The second kappa shape index (κ2) is 8.10. The number of aryl methyl sites for hydroxylation is 1. The van der Waals surface area contributed by atoms with Gasteiger partial charge in [-0.1, -0.05) is 42.4 Å². The van der Waals surface area contributed by atoms with Gasteiger partial charge in [0, 0.05) is 48.8 Å². The fourth-order valence-corrected chi connectivity index (χ4v) is 2.96. The number of hydrogen-bond acceptors (Lipinski definition) is 3. The Bertz CT molecular complexity index is 842. The van der Waals surface area contributed by atoms with Gasteiger partial charge in [0.15, 0.2) is 0 Å². The summed E-state index contributed by atoms with van der Waals surface area (Å²) in [6.07, 6.45) is 5.54. The summed E-state index contributed by atoms with van der Waals surface area (Å²) in [5.74, 6) is 0. The van der Waals surface area contributed by atoms with E-state index in [2.05, 4.69) is 27.6 Å². The number of benzene rings is 1. The SMILES string of the molecule is C=Cn1cc(CN(Cc2ccccn2)Cc2ccccc2Cl)c(C)n1. The molecule has 3 aromatic rings. The molecule has 1 aromatic carbocycles. The average Bonchev–Trinajstić information content (AvgIpc) is 2.98. The molecule has 0 fully saturated rings. The predicted octanol–water partition coefficient (Wildman–Crippen LogP) is 4.54. The zero-order valence-electron chi connectivity index (χ0n) is 14.3. The van der Waals surface area contributed by atoms with E-state index in [1.54, 1.807) is 10.9 Å². The molecule has 0 N–H and O–H groups in total. The van der Waals surface area contributed by atoms with Gasteiger partial charge in [-0.25, -0.2) is 4.68 Å². The summed E-state index contributed by atoms with van der Waals surface area (Å²) < 4.78 is 1.75. The first-order valence-corrected chi connectivity index (χ1v) is 8.56. The molecule has 128 valence electrons. The highest BCUT2D eigenvalue weighted by molar-refractivity contribution is 6.31. The van der Waals surface area contributed by atoms with E-state index in [1.807, 2.05) is 55.7 Å². The average molecular weight is 353 g/mol. The van der Waals surface area contributed by atoms with Crippen molar-refractivity contribution in [1.29, 1.82) is 0 Å². The fourth-order valence-electron chi connectivity index (χ4n) is 2.77. The Morgan fingerprint density at radius 2 is 1.84 bits per heavy atom. The molecular weight excluding hydrogens is 332 g/mol. The summed E-state index contributed by atoms with van der Waals surface area (Å²) in [6, 6.07) is 13.9. The van der Waals surface area contributed by atoms with Gasteiger partial charge in [-0.05, 0) is 30.7 Å². The molecule has 2 aromatic heterocycles. The van der Waals surface area contributed by atoms with Gasteiger partial charge in [0.05, 0.1) is 11.4 Å². The summed E-state index contributed by atoms with van der Waals surface area (Å²) in [4.78, 5) is 6.78. The maximum Gasteiger partial charge on any atom is 0.0642 e. The van der Waals surface area contributed by atoms with E-state index < -0.39 is 0 Å². The zero-order chi connectivity index (χ0) is 17.6. The van der Waals surface area contributed by atoms with Gasteiger partial charge in [0.2, 0.25) is 0 Å². The Labute approximate surface area is 153 Å². The van der Waals surface area contributed by atoms with Crippen LogP contribution in [0.4, 0.5) is 0 Å². The van der Waals surface area contributed by atoms with Crippen LogP contribution >= 0.6 is 11.6 Å². The summed E-state index contributed by atoms with van der Waals surface area (Å²) in [5, 5.41) is 5.23. The van der Waals surface area contributed by atoms with E-state index in [0.29, 0.717) is 0 Å². The quantitative estimate of drug-likeness (QED) is 0.626. The van der Waals surface area contributed by atoms with Crippen molar-refractivity contribution in [3.8, 4) is 0 Å². The minimum atomic E-state index is 0.741. The van der Waals surface area contributed by atoms with Crippen molar-refractivity contribution < 1.29 is 0 Å². The number of aromatic nitrogens is 3. The molecule has 3 rings (SSSR count). The van der Waals surface area contributed by atoms with Crippen LogP contribution in [0.25, 0.3) is 6.20 Å². The van der Waals surface area contributed by atoms with E-state index in [4.69, 9.17) is 11.6 Å². The predicted molar refractivity (Wildman–Crippen MR) is 102 cm³/mol.